The summed E-state index contributed by atoms with van der Waals surface area (Å²) in [5, 5.41) is 14.6. The van der Waals surface area contributed by atoms with Crippen molar-refractivity contribution >= 4 is 23.5 Å². The van der Waals surface area contributed by atoms with Crippen molar-refractivity contribution in [3.05, 3.63) is 57.5 Å². The maximum absolute atomic E-state index is 12.0. The summed E-state index contributed by atoms with van der Waals surface area (Å²) in [4.78, 5) is 22.2. The number of carbonyl (C=O) groups excluding carboxylic acids is 1. The predicted octanol–water partition coefficient (Wildman–Crippen LogP) is 2.66. The zero-order chi connectivity index (χ0) is 17.3. The van der Waals surface area contributed by atoms with Gasteiger partial charge in [-0.25, -0.2) is 5.43 Å². The van der Waals surface area contributed by atoms with Gasteiger partial charge in [0.1, 0.15) is 11.5 Å². The summed E-state index contributed by atoms with van der Waals surface area (Å²) in [6.45, 7) is 2.16. The van der Waals surface area contributed by atoms with Gasteiger partial charge in [-0.05, 0) is 30.5 Å². The first kappa shape index (κ1) is 15.7. The number of non-ortho nitro benzene ring substituents is 1. The molecule has 3 rings (SSSR count). The van der Waals surface area contributed by atoms with Crippen molar-refractivity contribution < 1.29 is 14.1 Å². The first-order valence-electron chi connectivity index (χ1n) is 7.42. The van der Waals surface area contributed by atoms with E-state index in [4.69, 9.17) is 10.2 Å². The Balaban J connectivity index is 1.64. The van der Waals surface area contributed by atoms with Crippen LogP contribution in [0.15, 0.2) is 39.9 Å². The lowest BCUT2D eigenvalue weighted by molar-refractivity contribution is -0.384. The van der Waals surface area contributed by atoms with Gasteiger partial charge in [0.25, 0.3) is 11.6 Å². The number of nitrogen functional groups attached to an aromatic ring is 1. The van der Waals surface area contributed by atoms with Crippen LogP contribution in [0.1, 0.15) is 41.1 Å². The molecule has 1 fully saturated rings. The summed E-state index contributed by atoms with van der Waals surface area (Å²) in [5.74, 6) is 1.96. The van der Waals surface area contributed by atoms with E-state index < -0.39 is 10.8 Å². The Morgan fingerprint density at radius 3 is 2.88 bits per heavy atom. The topological polar surface area (TPSA) is 124 Å². The van der Waals surface area contributed by atoms with Crippen LogP contribution in [0.3, 0.4) is 0 Å². The smallest absolute Gasteiger partial charge is 0.272 e. The minimum Gasteiger partial charge on any atom is -0.460 e. The van der Waals surface area contributed by atoms with E-state index in [0.717, 1.165) is 18.2 Å². The number of nitro benzene ring substituents is 1. The molecule has 1 aromatic carbocycles. The number of hydrazone groups is 1. The van der Waals surface area contributed by atoms with Crippen LogP contribution < -0.4 is 11.2 Å². The number of rotatable bonds is 5. The summed E-state index contributed by atoms with van der Waals surface area (Å²) in [6.07, 6.45) is 2.50. The van der Waals surface area contributed by atoms with E-state index in [-0.39, 0.29) is 16.9 Å². The molecule has 8 heteroatoms. The number of anilines is 1. The summed E-state index contributed by atoms with van der Waals surface area (Å²) in [6, 6.07) is 7.35. The molecular weight excluding hydrogens is 312 g/mol. The second kappa shape index (κ2) is 6.15. The number of nitrogens with zero attached hydrogens (tertiary/aromatic N) is 2. The number of nitrogens with one attached hydrogen (secondary N) is 1. The SMILES string of the molecule is C[C@H]1C[C@@H]1c1ccc(/C=N\NC(=O)c2cc(N)cc([N+](=O)[O-])c2)o1. The molecule has 1 amide bonds. The molecule has 1 saturated carbocycles. The first-order valence-corrected chi connectivity index (χ1v) is 7.42. The van der Waals surface area contributed by atoms with Gasteiger partial charge in [0.15, 0.2) is 0 Å². The fraction of sp³-hybridized carbons (Fsp3) is 0.250. The molecule has 0 saturated heterocycles. The lowest BCUT2D eigenvalue weighted by atomic mass is 10.1. The van der Waals surface area contributed by atoms with Gasteiger partial charge >= 0.3 is 0 Å². The molecule has 8 nitrogen and oxygen atoms in total. The highest BCUT2D eigenvalue weighted by molar-refractivity contribution is 5.96. The molecule has 0 spiro atoms. The third-order valence-electron chi connectivity index (χ3n) is 3.89. The molecule has 3 N–H and O–H groups in total. The molecule has 0 bridgehead atoms. The van der Waals surface area contributed by atoms with E-state index in [1.807, 2.05) is 6.07 Å². The monoisotopic (exact) mass is 328 g/mol. The third-order valence-corrected chi connectivity index (χ3v) is 3.89. The molecule has 0 radical (unpaired) electrons. The predicted molar refractivity (Wildman–Crippen MR) is 87.8 cm³/mol. The Morgan fingerprint density at radius 1 is 1.46 bits per heavy atom. The lowest BCUT2D eigenvalue weighted by Gasteiger charge is -2.01. The quantitative estimate of drug-likeness (QED) is 0.378. The van der Waals surface area contributed by atoms with Gasteiger partial charge in [-0.3, -0.25) is 14.9 Å². The van der Waals surface area contributed by atoms with E-state index in [1.54, 1.807) is 6.07 Å². The molecule has 1 aliphatic rings. The highest BCUT2D eigenvalue weighted by atomic mass is 16.6. The lowest BCUT2D eigenvalue weighted by Crippen LogP contribution is -2.18. The number of nitrogens with two attached hydrogens (primary N) is 1. The van der Waals surface area contributed by atoms with Gasteiger partial charge in [-0.2, -0.15) is 5.10 Å². The Kier molecular flexibility index (Phi) is 4.03. The Morgan fingerprint density at radius 2 is 2.21 bits per heavy atom. The van der Waals surface area contributed by atoms with Crippen LogP contribution in [-0.2, 0) is 0 Å². The van der Waals surface area contributed by atoms with Crippen molar-refractivity contribution in [2.75, 3.05) is 5.73 Å². The van der Waals surface area contributed by atoms with Crippen LogP contribution in [0.4, 0.5) is 11.4 Å². The Labute approximate surface area is 137 Å². The van der Waals surface area contributed by atoms with Crippen LogP contribution in [0, 0.1) is 16.0 Å². The number of hydrogen-bond donors (Lipinski definition) is 2. The highest BCUT2D eigenvalue weighted by Crippen LogP contribution is 2.47. The van der Waals surface area contributed by atoms with Crippen molar-refractivity contribution in [3.8, 4) is 0 Å². The van der Waals surface area contributed by atoms with Crippen molar-refractivity contribution in [3.63, 3.8) is 0 Å². The maximum atomic E-state index is 12.0. The third kappa shape index (κ3) is 3.43. The molecule has 1 heterocycles. The number of benzene rings is 1. The second-order valence-electron chi connectivity index (χ2n) is 5.83. The van der Waals surface area contributed by atoms with Gasteiger partial charge in [0, 0.05) is 23.7 Å². The van der Waals surface area contributed by atoms with E-state index in [0.29, 0.717) is 17.6 Å². The summed E-state index contributed by atoms with van der Waals surface area (Å²) in [5.41, 5.74) is 7.80. The number of nitro groups is 1. The number of carbonyl (C=O) groups is 1. The fourth-order valence-electron chi connectivity index (χ4n) is 2.45. The number of furan rings is 1. The molecule has 1 aliphatic carbocycles. The zero-order valence-corrected chi connectivity index (χ0v) is 12.9. The second-order valence-corrected chi connectivity index (χ2v) is 5.83. The van der Waals surface area contributed by atoms with E-state index in [2.05, 4.69) is 17.5 Å². The van der Waals surface area contributed by atoms with Crippen LogP contribution in [0.25, 0.3) is 0 Å². The van der Waals surface area contributed by atoms with Gasteiger partial charge < -0.3 is 10.2 Å². The van der Waals surface area contributed by atoms with Gasteiger partial charge in [-0.15, -0.1) is 0 Å². The van der Waals surface area contributed by atoms with Crippen LogP contribution in [0.5, 0.6) is 0 Å². The Hall–Kier alpha value is -3.16. The summed E-state index contributed by atoms with van der Waals surface area (Å²) >= 11 is 0. The average molecular weight is 328 g/mol. The molecule has 0 aliphatic heterocycles. The zero-order valence-electron chi connectivity index (χ0n) is 12.9. The molecule has 24 heavy (non-hydrogen) atoms. The fourth-order valence-corrected chi connectivity index (χ4v) is 2.45. The first-order chi connectivity index (χ1) is 11.4. The molecule has 124 valence electrons. The summed E-state index contributed by atoms with van der Waals surface area (Å²) in [7, 11) is 0. The maximum Gasteiger partial charge on any atom is 0.272 e. The standard InChI is InChI=1S/C16H16N4O4/c1-9-4-14(9)15-3-2-13(24-15)8-18-19-16(21)10-5-11(17)7-12(6-10)20(22)23/h2-3,5-9,14H,4,17H2,1H3,(H,19,21)/b18-8-/t9-,14-/m0/s1. The minimum atomic E-state index is -0.611. The van der Waals surface area contributed by atoms with E-state index >= 15 is 0 Å². The van der Waals surface area contributed by atoms with Gasteiger partial charge in [0.05, 0.1) is 16.7 Å². The average Bonchev–Trinajstić information content (AvgIpc) is 3.08. The van der Waals surface area contributed by atoms with Crippen molar-refractivity contribution in [2.24, 2.45) is 11.0 Å². The molecule has 1 aromatic heterocycles. The van der Waals surface area contributed by atoms with Gasteiger partial charge in [0.2, 0.25) is 0 Å². The van der Waals surface area contributed by atoms with Crippen LogP contribution >= 0.6 is 0 Å². The normalized spacial score (nSPS) is 19.4. The number of hydrogen-bond acceptors (Lipinski definition) is 6. The summed E-state index contributed by atoms with van der Waals surface area (Å²) < 4.78 is 5.63. The van der Waals surface area contributed by atoms with E-state index in [1.165, 1.54) is 18.3 Å². The highest BCUT2D eigenvalue weighted by Gasteiger charge is 2.36. The van der Waals surface area contributed by atoms with Crippen molar-refractivity contribution in [2.45, 2.75) is 19.3 Å². The molecule has 2 atom stereocenters. The molecule has 2 aromatic rings. The largest absolute Gasteiger partial charge is 0.460 e. The van der Waals surface area contributed by atoms with Crippen LogP contribution in [-0.4, -0.2) is 17.0 Å². The Bertz CT molecular complexity index is 827. The van der Waals surface area contributed by atoms with Crippen LogP contribution in [0.2, 0.25) is 0 Å². The number of amides is 1. The van der Waals surface area contributed by atoms with Crippen molar-refractivity contribution in [1.29, 1.82) is 0 Å². The molecular formula is C16H16N4O4. The van der Waals surface area contributed by atoms with E-state index in [9.17, 15) is 14.9 Å². The van der Waals surface area contributed by atoms with Crippen molar-refractivity contribution in [1.82, 2.24) is 5.43 Å². The minimum absolute atomic E-state index is 0.0609. The van der Waals surface area contributed by atoms with Gasteiger partial charge in [-0.1, -0.05) is 6.92 Å². The molecule has 0 unspecified atom stereocenters.